The van der Waals surface area contributed by atoms with Crippen LogP contribution >= 0.6 is 0 Å². The fraction of sp³-hybridized carbons (Fsp3) is 0.130. The fourth-order valence-corrected chi connectivity index (χ4v) is 3.70. The Bertz CT molecular complexity index is 1070. The molecule has 0 atom stereocenters. The maximum atomic E-state index is 6.19. The van der Waals surface area contributed by atoms with Gasteiger partial charge in [0.15, 0.2) is 0 Å². The van der Waals surface area contributed by atoms with Gasteiger partial charge in [0.2, 0.25) is 0 Å². The third-order valence-electron chi connectivity index (χ3n) is 5.10. The first-order valence-corrected chi connectivity index (χ1v) is 9.60. The lowest BCUT2D eigenvalue weighted by molar-refractivity contribution is 0.358. The van der Waals surface area contributed by atoms with E-state index >= 15 is 0 Å². The molecule has 3 aromatic carbocycles. The number of hydrazine groups is 2. The number of fused-ring (bicyclic) bond motifs is 1. The highest BCUT2D eigenvalue weighted by Gasteiger charge is 2.24. The predicted molar refractivity (Wildman–Crippen MR) is 117 cm³/mol. The average Bonchev–Trinajstić information content (AvgIpc) is 3.32. The highest BCUT2D eigenvalue weighted by Crippen LogP contribution is 2.40. The largest absolute Gasteiger partial charge is 0.457 e. The summed E-state index contributed by atoms with van der Waals surface area (Å²) in [6.07, 6.45) is 3.93. The standard InChI is InChI=1S/C23H23N5O/c1-25-17-27(23-12-4-3-11-22(23)25)18-7-5-9-20(15-18)29-21-10-6-8-19(16-21)28-14-13-26(2)24-28/h3-16,24H,17H2,1-2H3. The molecule has 6 heteroatoms. The van der Waals surface area contributed by atoms with Crippen LogP contribution in [0, 0.1) is 0 Å². The Morgan fingerprint density at radius 3 is 2.17 bits per heavy atom. The van der Waals surface area contributed by atoms with Gasteiger partial charge in [-0.1, -0.05) is 24.3 Å². The molecule has 3 aromatic rings. The molecule has 5 rings (SSSR count). The Hall–Kier alpha value is -3.64. The van der Waals surface area contributed by atoms with Crippen LogP contribution in [-0.2, 0) is 0 Å². The Morgan fingerprint density at radius 1 is 0.759 bits per heavy atom. The summed E-state index contributed by atoms with van der Waals surface area (Å²) in [6, 6.07) is 24.7. The van der Waals surface area contributed by atoms with Gasteiger partial charge in [-0.2, -0.15) is 0 Å². The Kier molecular flexibility index (Phi) is 4.26. The monoisotopic (exact) mass is 385 g/mol. The Balaban J connectivity index is 1.38. The van der Waals surface area contributed by atoms with E-state index in [1.807, 2.05) is 65.9 Å². The molecule has 2 heterocycles. The summed E-state index contributed by atoms with van der Waals surface area (Å²) in [4.78, 5) is 4.55. The third kappa shape index (κ3) is 3.34. The highest BCUT2D eigenvalue weighted by atomic mass is 16.5. The SMILES string of the molecule is CN1C=CN(c2cccc(Oc3cccc(N4CN(C)c5ccccc54)c3)c2)N1. The summed E-state index contributed by atoms with van der Waals surface area (Å²) in [6.45, 7) is 0.818. The van der Waals surface area contributed by atoms with Crippen LogP contribution in [0.2, 0.25) is 0 Å². The van der Waals surface area contributed by atoms with Crippen LogP contribution in [0.25, 0.3) is 0 Å². The maximum absolute atomic E-state index is 6.19. The molecule has 2 aliphatic rings. The minimum Gasteiger partial charge on any atom is -0.457 e. The van der Waals surface area contributed by atoms with Crippen molar-refractivity contribution >= 4 is 22.7 Å². The molecule has 1 N–H and O–H groups in total. The van der Waals surface area contributed by atoms with Gasteiger partial charge in [0, 0.05) is 44.3 Å². The van der Waals surface area contributed by atoms with Gasteiger partial charge in [0.05, 0.1) is 23.7 Å². The zero-order chi connectivity index (χ0) is 19.8. The number of benzene rings is 3. The molecule has 0 radical (unpaired) electrons. The Labute approximate surface area is 170 Å². The zero-order valence-corrected chi connectivity index (χ0v) is 16.5. The topological polar surface area (TPSA) is 34.2 Å². The van der Waals surface area contributed by atoms with Gasteiger partial charge in [0.1, 0.15) is 11.5 Å². The van der Waals surface area contributed by atoms with E-state index in [0.717, 1.165) is 29.5 Å². The lowest BCUT2D eigenvalue weighted by Crippen LogP contribution is -2.36. The number of nitrogens with one attached hydrogen (secondary N) is 1. The lowest BCUT2D eigenvalue weighted by atomic mass is 10.2. The number of hydrogen-bond acceptors (Lipinski definition) is 6. The molecule has 146 valence electrons. The van der Waals surface area contributed by atoms with Crippen LogP contribution in [0.4, 0.5) is 22.7 Å². The number of nitrogens with zero attached hydrogens (tertiary/aromatic N) is 4. The van der Waals surface area contributed by atoms with Crippen molar-refractivity contribution in [1.29, 1.82) is 0 Å². The molecule has 0 aromatic heterocycles. The molecule has 0 aliphatic carbocycles. The quantitative estimate of drug-likeness (QED) is 0.703. The minimum absolute atomic E-state index is 0.795. The van der Waals surface area contributed by atoms with E-state index in [1.54, 1.807) is 0 Å². The molecular weight excluding hydrogens is 362 g/mol. The maximum Gasteiger partial charge on any atom is 0.129 e. The first-order valence-electron chi connectivity index (χ1n) is 9.60. The van der Waals surface area contributed by atoms with E-state index in [0.29, 0.717) is 0 Å². The summed E-state index contributed by atoms with van der Waals surface area (Å²) in [5.41, 5.74) is 7.78. The second-order valence-corrected chi connectivity index (χ2v) is 7.23. The van der Waals surface area contributed by atoms with E-state index in [9.17, 15) is 0 Å². The van der Waals surface area contributed by atoms with Crippen LogP contribution in [0.5, 0.6) is 11.5 Å². The lowest BCUT2D eigenvalue weighted by Gasteiger charge is -2.21. The average molecular weight is 385 g/mol. The fourth-order valence-electron chi connectivity index (χ4n) is 3.70. The molecule has 0 saturated carbocycles. The van der Waals surface area contributed by atoms with Gasteiger partial charge in [0.25, 0.3) is 0 Å². The molecule has 0 saturated heterocycles. The molecular formula is C23H23N5O. The second-order valence-electron chi connectivity index (χ2n) is 7.23. The molecule has 2 aliphatic heterocycles. The van der Waals surface area contributed by atoms with Gasteiger partial charge in [-0.05, 0) is 36.4 Å². The van der Waals surface area contributed by atoms with Crippen LogP contribution in [-0.4, -0.2) is 25.8 Å². The van der Waals surface area contributed by atoms with Crippen molar-refractivity contribution in [3.05, 3.63) is 85.2 Å². The first kappa shape index (κ1) is 17.5. The molecule has 0 fully saturated rings. The Morgan fingerprint density at radius 2 is 1.45 bits per heavy atom. The molecule has 29 heavy (non-hydrogen) atoms. The van der Waals surface area contributed by atoms with Crippen LogP contribution in [0.3, 0.4) is 0 Å². The van der Waals surface area contributed by atoms with Crippen molar-refractivity contribution in [2.45, 2.75) is 0 Å². The van der Waals surface area contributed by atoms with Crippen LogP contribution in [0.15, 0.2) is 85.2 Å². The van der Waals surface area contributed by atoms with Crippen molar-refractivity contribution in [1.82, 2.24) is 10.5 Å². The molecule has 0 spiro atoms. The normalized spacial score (nSPS) is 15.2. The number of hydrogen-bond donors (Lipinski definition) is 1. The summed E-state index contributed by atoms with van der Waals surface area (Å²) in [7, 11) is 4.07. The van der Waals surface area contributed by atoms with E-state index in [2.05, 4.69) is 58.8 Å². The van der Waals surface area contributed by atoms with Crippen molar-refractivity contribution in [2.75, 3.05) is 35.6 Å². The van der Waals surface area contributed by atoms with E-state index in [1.165, 1.54) is 11.4 Å². The van der Waals surface area contributed by atoms with Crippen LogP contribution in [0.1, 0.15) is 0 Å². The van der Waals surface area contributed by atoms with Crippen LogP contribution < -0.4 is 25.1 Å². The molecule has 0 unspecified atom stereocenters. The van der Waals surface area contributed by atoms with Gasteiger partial charge >= 0.3 is 0 Å². The summed E-state index contributed by atoms with van der Waals surface area (Å²) in [5, 5.41) is 3.84. The van der Waals surface area contributed by atoms with Gasteiger partial charge < -0.3 is 14.5 Å². The zero-order valence-electron chi connectivity index (χ0n) is 16.5. The molecule has 6 nitrogen and oxygen atoms in total. The van der Waals surface area contributed by atoms with Crippen molar-refractivity contribution in [2.24, 2.45) is 0 Å². The van der Waals surface area contributed by atoms with E-state index < -0.39 is 0 Å². The van der Waals surface area contributed by atoms with E-state index in [-0.39, 0.29) is 0 Å². The highest BCUT2D eigenvalue weighted by molar-refractivity contribution is 5.82. The summed E-state index contributed by atoms with van der Waals surface area (Å²) < 4.78 is 6.19. The van der Waals surface area contributed by atoms with Crippen molar-refractivity contribution in [3.8, 4) is 11.5 Å². The summed E-state index contributed by atoms with van der Waals surface area (Å²) >= 11 is 0. The molecule has 0 amide bonds. The predicted octanol–water partition coefficient (Wildman–Crippen LogP) is 4.67. The van der Waals surface area contributed by atoms with Gasteiger partial charge in [-0.3, -0.25) is 10.0 Å². The second kappa shape index (κ2) is 7.07. The number of ether oxygens (including phenoxy) is 1. The third-order valence-corrected chi connectivity index (χ3v) is 5.10. The van der Waals surface area contributed by atoms with Gasteiger partial charge in [-0.25, -0.2) is 0 Å². The number of anilines is 4. The minimum atomic E-state index is 0.795. The molecule has 0 bridgehead atoms. The number of para-hydroxylation sites is 2. The smallest absolute Gasteiger partial charge is 0.129 e. The van der Waals surface area contributed by atoms with Gasteiger partial charge in [-0.15, -0.1) is 5.53 Å². The first-order chi connectivity index (χ1) is 14.2. The van der Waals surface area contributed by atoms with Crippen molar-refractivity contribution < 1.29 is 4.74 Å². The van der Waals surface area contributed by atoms with E-state index in [4.69, 9.17) is 4.74 Å². The number of rotatable bonds is 4. The van der Waals surface area contributed by atoms with Crippen molar-refractivity contribution in [3.63, 3.8) is 0 Å². The summed E-state index contributed by atoms with van der Waals surface area (Å²) in [5.74, 6) is 1.61.